The van der Waals surface area contributed by atoms with E-state index in [0.717, 1.165) is 43.4 Å². The zero-order valence-corrected chi connectivity index (χ0v) is 20.8. The molecular formula is C29H46O2. The molecule has 0 aliphatic heterocycles. The lowest BCUT2D eigenvalue weighted by Gasteiger charge is -2.59. The van der Waals surface area contributed by atoms with Crippen LogP contribution in [0, 0.1) is 51.8 Å². The van der Waals surface area contributed by atoms with Crippen molar-refractivity contribution in [2.45, 2.75) is 111 Å². The first-order valence-electron chi connectivity index (χ1n) is 13.6. The van der Waals surface area contributed by atoms with Crippen molar-refractivity contribution in [3.8, 4) is 0 Å². The molecule has 0 bridgehead atoms. The Morgan fingerprint density at radius 2 is 1.71 bits per heavy atom. The first-order chi connectivity index (χ1) is 14.6. The van der Waals surface area contributed by atoms with E-state index in [-0.39, 0.29) is 22.9 Å². The Bertz CT molecular complexity index is 761. The molecule has 2 nitrogen and oxygen atoms in total. The zero-order chi connectivity index (χ0) is 22.2. The van der Waals surface area contributed by atoms with Crippen LogP contribution < -0.4 is 0 Å². The number of fused-ring (bicyclic) bond motifs is 6. The molecule has 1 unspecified atom stereocenters. The number of rotatable bonds is 5. The lowest BCUT2D eigenvalue weighted by Crippen LogP contribution is -2.55. The molecule has 5 aliphatic carbocycles. The van der Waals surface area contributed by atoms with Gasteiger partial charge >= 0.3 is 0 Å². The van der Waals surface area contributed by atoms with Crippen LogP contribution in [0.5, 0.6) is 0 Å². The lowest BCUT2D eigenvalue weighted by molar-refractivity contribution is -0.136. The van der Waals surface area contributed by atoms with Crippen molar-refractivity contribution in [3.63, 3.8) is 0 Å². The van der Waals surface area contributed by atoms with Crippen molar-refractivity contribution < 1.29 is 9.90 Å². The van der Waals surface area contributed by atoms with Crippen LogP contribution in [-0.2, 0) is 4.79 Å². The summed E-state index contributed by atoms with van der Waals surface area (Å²) < 4.78 is 0. The molecule has 174 valence electrons. The summed E-state index contributed by atoms with van der Waals surface area (Å²) >= 11 is 0. The fraction of sp³-hybridized carbons (Fsp3) is 0.897. The van der Waals surface area contributed by atoms with Crippen LogP contribution in [0.15, 0.2) is 11.6 Å². The molecule has 0 heterocycles. The van der Waals surface area contributed by atoms with Gasteiger partial charge in [-0.3, -0.25) is 4.79 Å². The van der Waals surface area contributed by atoms with Gasteiger partial charge in [0.2, 0.25) is 0 Å². The molecule has 0 aromatic rings. The third kappa shape index (κ3) is 3.17. The highest BCUT2D eigenvalue weighted by Crippen LogP contribution is 2.72. The Morgan fingerprint density at radius 3 is 2.39 bits per heavy atom. The average Bonchev–Trinajstić information content (AvgIpc) is 3.42. The SMILES string of the molecule is CC(C)CCC[C@@H](C)[C@H]1CC[C@H]2[C@@H]3C(=O)C=C4C5(CC5)C(O)CC[C@]4(C)[C@H]3CC[C@]12C. The molecule has 1 spiro atoms. The van der Waals surface area contributed by atoms with Crippen molar-refractivity contribution >= 4 is 5.78 Å². The number of allylic oxidation sites excluding steroid dienone is 1. The number of hydrogen-bond acceptors (Lipinski definition) is 2. The number of hydrogen-bond donors (Lipinski definition) is 1. The molecule has 0 amide bonds. The summed E-state index contributed by atoms with van der Waals surface area (Å²) in [6.07, 6.45) is 15.3. The Morgan fingerprint density at radius 1 is 0.968 bits per heavy atom. The number of ketones is 1. The van der Waals surface area contributed by atoms with Crippen LogP contribution in [0.2, 0.25) is 0 Å². The number of aliphatic hydroxyl groups excluding tert-OH is 1. The van der Waals surface area contributed by atoms with Crippen LogP contribution in [0.1, 0.15) is 105 Å². The smallest absolute Gasteiger partial charge is 0.159 e. The van der Waals surface area contributed by atoms with E-state index in [1.807, 2.05) is 0 Å². The molecule has 0 aromatic carbocycles. The molecule has 2 heteroatoms. The second kappa shape index (κ2) is 7.44. The second-order valence-electron chi connectivity index (χ2n) is 13.4. The van der Waals surface area contributed by atoms with E-state index in [9.17, 15) is 9.90 Å². The van der Waals surface area contributed by atoms with Gasteiger partial charge in [-0.1, -0.05) is 59.5 Å². The largest absolute Gasteiger partial charge is 0.392 e. The van der Waals surface area contributed by atoms with Crippen molar-refractivity contribution in [2.24, 2.45) is 51.8 Å². The maximum Gasteiger partial charge on any atom is 0.159 e. The molecule has 0 saturated heterocycles. The van der Waals surface area contributed by atoms with Gasteiger partial charge in [0.15, 0.2) is 5.78 Å². The maximum absolute atomic E-state index is 13.7. The van der Waals surface area contributed by atoms with Gasteiger partial charge in [0.25, 0.3) is 0 Å². The van der Waals surface area contributed by atoms with Crippen LogP contribution >= 0.6 is 0 Å². The van der Waals surface area contributed by atoms with Gasteiger partial charge in [-0.25, -0.2) is 0 Å². The fourth-order valence-corrected chi connectivity index (χ4v) is 9.54. The molecule has 5 aliphatic rings. The monoisotopic (exact) mass is 426 g/mol. The lowest BCUT2D eigenvalue weighted by atomic mass is 9.45. The first kappa shape index (κ1) is 22.2. The molecule has 0 aromatic heterocycles. The summed E-state index contributed by atoms with van der Waals surface area (Å²) in [6, 6.07) is 0. The van der Waals surface area contributed by atoms with Crippen molar-refractivity contribution in [1.82, 2.24) is 0 Å². The van der Waals surface area contributed by atoms with E-state index < -0.39 is 0 Å². The summed E-state index contributed by atoms with van der Waals surface area (Å²) in [7, 11) is 0. The zero-order valence-electron chi connectivity index (χ0n) is 20.8. The van der Waals surface area contributed by atoms with Crippen molar-refractivity contribution in [1.29, 1.82) is 0 Å². The predicted molar refractivity (Wildman–Crippen MR) is 126 cm³/mol. The third-order valence-corrected chi connectivity index (χ3v) is 11.4. The topological polar surface area (TPSA) is 37.3 Å². The van der Waals surface area contributed by atoms with Gasteiger partial charge in [0.05, 0.1) is 6.10 Å². The van der Waals surface area contributed by atoms with Crippen LogP contribution in [0.25, 0.3) is 0 Å². The minimum absolute atomic E-state index is 0.0302. The van der Waals surface area contributed by atoms with Crippen molar-refractivity contribution in [3.05, 3.63) is 11.6 Å². The summed E-state index contributed by atoms with van der Waals surface area (Å²) in [6.45, 7) is 12.2. The first-order valence-corrected chi connectivity index (χ1v) is 13.6. The molecule has 31 heavy (non-hydrogen) atoms. The van der Waals surface area contributed by atoms with E-state index in [1.165, 1.54) is 50.5 Å². The standard InChI is InChI=1S/C29H46O2/c1-18(2)7-6-8-19(3)20-9-10-21-26-22(11-13-27(20,21)4)28(5)14-12-25(31)29(15-16-29)24(28)17-23(26)30/h17-22,25-26,31H,6-16H2,1-5H3/t19-,20-,21+,22+,25?,26+,27-,28-/m1/s1. The Labute approximate surface area is 190 Å². The van der Waals surface area contributed by atoms with Gasteiger partial charge in [0, 0.05) is 11.3 Å². The summed E-state index contributed by atoms with van der Waals surface area (Å²) in [4.78, 5) is 13.7. The highest BCUT2D eigenvalue weighted by molar-refractivity contribution is 5.95. The quantitative estimate of drug-likeness (QED) is 0.516. The molecule has 8 atom stereocenters. The van der Waals surface area contributed by atoms with Crippen LogP contribution in [-0.4, -0.2) is 17.0 Å². The van der Waals surface area contributed by atoms with Crippen LogP contribution in [0.3, 0.4) is 0 Å². The molecule has 1 N–H and O–H groups in total. The Balaban J connectivity index is 1.40. The van der Waals surface area contributed by atoms with Gasteiger partial charge in [-0.15, -0.1) is 0 Å². The summed E-state index contributed by atoms with van der Waals surface area (Å²) in [5, 5.41) is 10.8. The molecular weight excluding hydrogens is 380 g/mol. The van der Waals surface area contributed by atoms with E-state index in [4.69, 9.17) is 0 Å². The second-order valence-corrected chi connectivity index (χ2v) is 13.4. The number of aliphatic hydroxyl groups is 1. The minimum atomic E-state index is -0.215. The molecule has 0 radical (unpaired) electrons. The average molecular weight is 427 g/mol. The molecule has 5 rings (SSSR count). The van der Waals surface area contributed by atoms with E-state index in [2.05, 4.69) is 40.7 Å². The van der Waals surface area contributed by atoms with E-state index in [1.54, 1.807) is 0 Å². The van der Waals surface area contributed by atoms with Gasteiger partial charge in [-0.05, 0) is 97.9 Å². The molecule has 4 saturated carbocycles. The van der Waals surface area contributed by atoms with E-state index in [0.29, 0.717) is 23.0 Å². The normalized spacial score (nSPS) is 46.4. The van der Waals surface area contributed by atoms with Gasteiger partial charge < -0.3 is 5.11 Å². The maximum atomic E-state index is 13.7. The van der Waals surface area contributed by atoms with Crippen LogP contribution in [0.4, 0.5) is 0 Å². The van der Waals surface area contributed by atoms with Gasteiger partial charge in [0.1, 0.15) is 0 Å². The molecule has 4 fully saturated rings. The van der Waals surface area contributed by atoms with E-state index >= 15 is 0 Å². The Kier molecular flexibility index (Phi) is 5.32. The highest BCUT2D eigenvalue weighted by Gasteiger charge is 2.66. The summed E-state index contributed by atoms with van der Waals surface area (Å²) in [5.74, 6) is 4.14. The van der Waals surface area contributed by atoms with Crippen molar-refractivity contribution in [2.75, 3.05) is 0 Å². The minimum Gasteiger partial charge on any atom is -0.392 e. The highest BCUT2D eigenvalue weighted by atomic mass is 16.3. The Hall–Kier alpha value is -0.630. The number of carbonyl (C=O) groups excluding carboxylic acids is 1. The predicted octanol–water partition coefficient (Wildman–Crippen LogP) is 6.96. The number of carbonyl (C=O) groups is 1. The van der Waals surface area contributed by atoms with Gasteiger partial charge in [-0.2, -0.15) is 0 Å². The third-order valence-electron chi connectivity index (χ3n) is 11.4. The summed E-state index contributed by atoms with van der Waals surface area (Å²) in [5.41, 5.74) is 1.83. The fourth-order valence-electron chi connectivity index (χ4n) is 9.54.